The Morgan fingerprint density at radius 3 is 2.00 bits per heavy atom. The summed E-state index contributed by atoms with van der Waals surface area (Å²) in [4.78, 5) is 33.4. The number of aromatic nitrogens is 1. The van der Waals surface area contributed by atoms with Gasteiger partial charge < -0.3 is 15.2 Å². The third kappa shape index (κ3) is 1.73. The first kappa shape index (κ1) is 8.98. The fourth-order valence-electron chi connectivity index (χ4n) is 0.767. The highest BCUT2D eigenvalue weighted by Gasteiger charge is 2.17. The van der Waals surface area contributed by atoms with Gasteiger partial charge in [-0.2, -0.15) is 0 Å². The normalized spacial score (nSPS) is 9.54. The lowest BCUT2D eigenvalue weighted by Crippen LogP contribution is -2.13. The van der Waals surface area contributed by atoms with Gasteiger partial charge in [0.15, 0.2) is 0 Å². The summed E-state index contributed by atoms with van der Waals surface area (Å²) in [5.74, 6) is -4.03. The number of rotatable bonds is 3. The Balaban J connectivity index is 2.99. The van der Waals surface area contributed by atoms with E-state index in [1.54, 1.807) is 0 Å². The monoisotopic (exact) mass is 183 g/mol. The number of carboxylic acid groups (broad SMARTS) is 2. The van der Waals surface area contributed by atoms with Gasteiger partial charge in [-0.3, -0.25) is 4.79 Å². The summed E-state index contributed by atoms with van der Waals surface area (Å²) >= 11 is 0. The number of H-pyrrole nitrogens is 1. The van der Waals surface area contributed by atoms with Gasteiger partial charge in [-0.05, 0) is 12.1 Å². The van der Waals surface area contributed by atoms with E-state index in [0.29, 0.717) is 0 Å². The number of hydrogen-bond donors (Lipinski definition) is 3. The highest BCUT2D eigenvalue weighted by molar-refractivity contribution is 6.39. The zero-order chi connectivity index (χ0) is 10.0. The molecule has 0 aliphatic carbocycles. The minimum Gasteiger partial charge on any atom is -0.477 e. The van der Waals surface area contributed by atoms with Crippen molar-refractivity contribution in [1.82, 2.24) is 4.98 Å². The van der Waals surface area contributed by atoms with E-state index in [1.807, 2.05) is 0 Å². The molecular formula is C7H5NO5. The lowest BCUT2D eigenvalue weighted by Gasteiger charge is -1.89. The van der Waals surface area contributed by atoms with Gasteiger partial charge in [-0.15, -0.1) is 0 Å². The maximum Gasteiger partial charge on any atom is 0.378 e. The van der Waals surface area contributed by atoms with Crippen LogP contribution in [0, 0.1) is 0 Å². The molecule has 1 aromatic heterocycles. The number of carbonyl (C=O) groups is 3. The Hall–Kier alpha value is -2.11. The minimum absolute atomic E-state index is 0.218. The molecule has 0 aliphatic rings. The molecule has 0 bridgehead atoms. The minimum atomic E-state index is -1.63. The van der Waals surface area contributed by atoms with Crippen LogP contribution in [0.5, 0.6) is 0 Å². The van der Waals surface area contributed by atoms with Gasteiger partial charge in [0.25, 0.3) is 5.78 Å². The standard InChI is InChI=1S/C7H5NO5/c9-5(7(12)13)3-1-2-4(8-3)6(10)11/h1-2,8H,(H,10,11)(H,12,13). The van der Waals surface area contributed by atoms with E-state index in [2.05, 4.69) is 4.98 Å². The number of Topliss-reactive ketones (excluding diaryl/α,β-unsaturated/α-hetero) is 1. The molecule has 0 aliphatic heterocycles. The zero-order valence-corrected chi connectivity index (χ0v) is 6.27. The van der Waals surface area contributed by atoms with Crippen LogP contribution < -0.4 is 0 Å². The van der Waals surface area contributed by atoms with Crippen molar-refractivity contribution in [2.75, 3.05) is 0 Å². The summed E-state index contributed by atoms with van der Waals surface area (Å²) in [6.07, 6.45) is 0. The molecule has 6 heteroatoms. The number of aromatic amines is 1. The number of carboxylic acids is 2. The van der Waals surface area contributed by atoms with Crippen LogP contribution in [0.1, 0.15) is 21.0 Å². The van der Waals surface area contributed by atoms with Crippen molar-refractivity contribution < 1.29 is 24.6 Å². The van der Waals surface area contributed by atoms with Crippen LogP contribution in [-0.4, -0.2) is 32.9 Å². The van der Waals surface area contributed by atoms with Crippen molar-refractivity contribution in [3.05, 3.63) is 23.5 Å². The first-order valence-electron chi connectivity index (χ1n) is 3.22. The van der Waals surface area contributed by atoms with E-state index in [1.165, 1.54) is 0 Å². The number of aromatic carboxylic acids is 1. The predicted octanol–water partition coefficient (Wildman–Crippen LogP) is -0.0198. The second kappa shape index (κ2) is 3.10. The maximum absolute atomic E-state index is 10.8. The van der Waals surface area contributed by atoms with E-state index in [-0.39, 0.29) is 11.4 Å². The van der Waals surface area contributed by atoms with Gasteiger partial charge in [-0.25, -0.2) is 9.59 Å². The van der Waals surface area contributed by atoms with Gasteiger partial charge in [0.2, 0.25) is 0 Å². The third-order valence-electron chi connectivity index (χ3n) is 1.36. The summed E-state index contributed by atoms with van der Waals surface area (Å²) < 4.78 is 0. The maximum atomic E-state index is 10.8. The molecule has 0 saturated heterocycles. The van der Waals surface area contributed by atoms with Gasteiger partial charge in [0.1, 0.15) is 5.69 Å². The van der Waals surface area contributed by atoms with E-state index >= 15 is 0 Å². The van der Waals surface area contributed by atoms with Crippen molar-refractivity contribution in [1.29, 1.82) is 0 Å². The molecule has 0 radical (unpaired) electrons. The smallest absolute Gasteiger partial charge is 0.378 e. The molecule has 0 unspecified atom stereocenters. The summed E-state index contributed by atoms with van der Waals surface area (Å²) in [7, 11) is 0. The lowest BCUT2D eigenvalue weighted by atomic mass is 10.3. The topological polar surface area (TPSA) is 107 Å². The van der Waals surface area contributed by atoms with Crippen LogP contribution in [-0.2, 0) is 4.79 Å². The summed E-state index contributed by atoms with van der Waals surface area (Å²) in [6, 6.07) is 2.23. The van der Waals surface area contributed by atoms with Gasteiger partial charge in [-0.1, -0.05) is 0 Å². The van der Waals surface area contributed by atoms with E-state index in [9.17, 15) is 14.4 Å². The van der Waals surface area contributed by atoms with Crippen molar-refractivity contribution >= 4 is 17.7 Å². The number of aliphatic carboxylic acids is 1. The number of ketones is 1. The second-order valence-corrected chi connectivity index (χ2v) is 2.23. The van der Waals surface area contributed by atoms with Crippen LogP contribution in [0.4, 0.5) is 0 Å². The van der Waals surface area contributed by atoms with E-state index < -0.39 is 17.7 Å². The van der Waals surface area contributed by atoms with Crippen LogP contribution in [0.15, 0.2) is 12.1 Å². The van der Waals surface area contributed by atoms with Crippen LogP contribution in [0.3, 0.4) is 0 Å². The molecule has 0 saturated carbocycles. The fraction of sp³-hybridized carbons (Fsp3) is 0. The van der Waals surface area contributed by atoms with Crippen molar-refractivity contribution in [2.45, 2.75) is 0 Å². The number of carbonyl (C=O) groups excluding carboxylic acids is 1. The first-order chi connectivity index (χ1) is 6.02. The Morgan fingerprint density at radius 2 is 1.62 bits per heavy atom. The molecule has 6 nitrogen and oxygen atoms in total. The molecule has 0 aromatic carbocycles. The molecule has 0 spiro atoms. The lowest BCUT2D eigenvalue weighted by molar-refractivity contribution is -0.131. The molecular weight excluding hydrogens is 178 g/mol. The quantitative estimate of drug-likeness (QED) is 0.450. The summed E-state index contributed by atoms with van der Waals surface area (Å²) in [5, 5.41) is 16.7. The third-order valence-corrected chi connectivity index (χ3v) is 1.36. The second-order valence-electron chi connectivity index (χ2n) is 2.23. The molecule has 1 aromatic rings. The van der Waals surface area contributed by atoms with Crippen LogP contribution >= 0.6 is 0 Å². The molecule has 0 fully saturated rings. The average Bonchev–Trinajstić information content (AvgIpc) is 2.50. The molecule has 1 rings (SSSR count). The number of nitrogens with one attached hydrogen (secondary N) is 1. The fourth-order valence-corrected chi connectivity index (χ4v) is 0.767. The Labute approximate surface area is 71.8 Å². The largest absolute Gasteiger partial charge is 0.477 e. The van der Waals surface area contributed by atoms with E-state index in [0.717, 1.165) is 12.1 Å². The van der Waals surface area contributed by atoms with Crippen LogP contribution in [0.25, 0.3) is 0 Å². The average molecular weight is 183 g/mol. The Bertz CT molecular complexity index is 378. The van der Waals surface area contributed by atoms with Gasteiger partial charge in [0.05, 0.1) is 5.69 Å². The molecule has 68 valence electrons. The van der Waals surface area contributed by atoms with Crippen molar-refractivity contribution in [2.24, 2.45) is 0 Å². The van der Waals surface area contributed by atoms with Crippen molar-refractivity contribution in [3.8, 4) is 0 Å². The molecule has 0 amide bonds. The predicted molar refractivity (Wildman–Crippen MR) is 39.7 cm³/mol. The SMILES string of the molecule is O=C(O)C(=O)c1ccc(C(=O)O)[nH]1. The highest BCUT2D eigenvalue weighted by Crippen LogP contribution is 2.02. The van der Waals surface area contributed by atoms with Crippen molar-refractivity contribution in [3.63, 3.8) is 0 Å². The number of hydrogen-bond acceptors (Lipinski definition) is 3. The first-order valence-corrected chi connectivity index (χ1v) is 3.22. The summed E-state index contributed by atoms with van der Waals surface area (Å²) in [5.41, 5.74) is -0.463. The Kier molecular flexibility index (Phi) is 2.14. The highest BCUT2D eigenvalue weighted by atomic mass is 16.4. The molecule has 13 heavy (non-hydrogen) atoms. The molecule has 1 heterocycles. The Morgan fingerprint density at radius 1 is 1.08 bits per heavy atom. The molecule has 0 atom stereocenters. The van der Waals surface area contributed by atoms with Gasteiger partial charge >= 0.3 is 11.9 Å². The van der Waals surface area contributed by atoms with E-state index in [4.69, 9.17) is 10.2 Å². The molecule has 3 N–H and O–H groups in total. The van der Waals surface area contributed by atoms with Gasteiger partial charge in [0, 0.05) is 0 Å². The zero-order valence-electron chi connectivity index (χ0n) is 6.27. The van der Waals surface area contributed by atoms with Crippen LogP contribution in [0.2, 0.25) is 0 Å². The summed E-state index contributed by atoms with van der Waals surface area (Å²) in [6.45, 7) is 0.